The molecule has 2 unspecified atom stereocenters. The van der Waals surface area contributed by atoms with Crippen molar-refractivity contribution < 1.29 is 80.2 Å². The van der Waals surface area contributed by atoms with Crippen molar-refractivity contribution in [3.63, 3.8) is 0 Å². The topological polar surface area (TPSA) is 237 Å². The molecule has 0 aliphatic carbocycles. The number of phosphoric ester groups is 2. The SMILES string of the molecule is CCCCCCCCCCCCCCCCCCCCCCCC(=O)O[C@H](COC(=O)CCCCCCCCCCCCCCCCCC)COP(=O)(O)OC[C@@H](O)COP(=O)(O)OC[C@@H](COC(=O)CCCCCCCCCCC(C)C)OC(=O)CCCCCCCCCCCCCCCC. The molecule has 0 aromatic carbocycles. The van der Waals surface area contributed by atoms with E-state index in [0.29, 0.717) is 25.7 Å². The number of carbonyl (C=O) groups is 4. The first-order chi connectivity index (χ1) is 49.5. The molecule has 0 saturated carbocycles. The third kappa shape index (κ3) is 76.3. The van der Waals surface area contributed by atoms with Gasteiger partial charge in [0.15, 0.2) is 12.2 Å². The number of ether oxygens (including phenoxy) is 4. The highest BCUT2D eigenvalue weighted by Crippen LogP contribution is 2.45. The minimum atomic E-state index is -4.96. The van der Waals surface area contributed by atoms with E-state index in [1.165, 1.54) is 270 Å². The van der Waals surface area contributed by atoms with Gasteiger partial charge < -0.3 is 33.8 Å². The lowest BCUT2D eigenvalue weighted by Crippen LogP contribution is -2.30. The smallest absolute Gasteiger partial charge is 0.462 e. The standard InChI is InChI=1S/C83H162O17P2/c1-6-9-12-15-18-21-24-27-30-32-33-34-35-36-38-41-44-47-54-59-64-69-83(88)99-78(72-93-80(85)66-61-56-51-45-42-40-37-31-28-25-22-19-16-13-10-7-2)74-97-101(89,90)95-70-77(84)71-96-102(91,92)98-75-79(73-94-81(86)67-62-57-52-49-48-50-55-60-65-76(4)5)100-82(87)68-63-58-53-46-43-39-29-26-23-20-17-14-11-8-3/h76-79,84H,6-75H2,1-5H3,(H,89,90)(H,91,92)/t77-,78-,79-/m1/s1. The number of esters is 4. The normalized spacial score (nSPS) is 13.8. The van der Waals surface area contributed by atoms with Crippen LogP contribution >= 0.6 is 15.6 Å². The summed E-state index contributed by atoms with van der Waals surface area (Å²) in [6, 6.07) is 0. The monoisotopic (exact) mass is 1490 g/mol. The summed E-state index contributed by atoms with van der Waals surface area (Å²) in [4.78, 5) is 73.1. The van der Waals surface area contributed by atoms with Crippen LogP contribution in [0.25, 0.3) is 0 Å². The van der Waals surface area contributed by atoms with Gasteiger partial charge >= 0.3 is 39.5 Å². The van der Waals surface area contributed by atoms with E-state index >= 15 is 0 Å². The molecule has 0 rings (SSSR count). The van der Waals surface area contributed by atoms with E-state index < -0.39 is 97.5 Å². The number of aliphatic hydroxyl groups is 1. The van der Waals surface area contributed by atoms with Crippen LogP contribution in [-0.2, 0) is 65.4 Å². The number of carbonyl (C=O) groups excluding carboxylic acids is 4. The summed E-state index contributed by atoms with van der Waals surface area (Å²) in [5.41, 5.74) is 0. The fourth-order valence-corrected chi connectivity index (χ4v) is 14.5. The molecule has 0 heterocycles. The Kier molecular flexibility index (Phi) is 74.4. The Morgan fingerprint density at radius 1 is 0.265 bits per heavy atom. The average molecular weight is 1490 g/mol. The second kappa shape index (κ2) is 75.9. The molecular weight excluding hydrogens is 1330 g/mol. The minimum absolute atomic E-state index is 0.108. The molecule has 0 spiro atoms. The van der Waals surface area contributed by atoms with Crippen LogP contribution in [0.3, 0.4) is 0 Å². The van der Waals surface area contributed by atoms with E-state index in [-0.39, 0.29) is 25.7 Å². The first-order valence-electron chi connectivity index (χ1n) is 43.1. The molecule has 0 aromatic rings. The zero-order chi connectivity index (χ0) is 74.8. The van der Waals surface area contributed by atoms with Crippen LogP contribution in [0.2, 0.25) is 0 Å². The van der Waals surface area contributed by atoms with Crippen molar-refractivity contribution in [3.8, 4) is 0 Å². The highest BCUT2D eigenvalue weighted by molar-refractivity contribution is 7.47. The maximum absolute atomic E-state index is 13.1. The van der Waals surface area contributed by atoms with Crippen LogP contribution in [0, 0.1) is 5.92 Å². The minimum Gasteiger partial charge on any atom is -0.462 e. The molecule has 3 N–H and O–H groups in total. The number of hydrogen-bond acceptors (Lipinski definition) is 15. The van der Waals surface area contributed by atoms with Crippen molar-refractivity contribution in [3.05, 3.63) is 0 Å². The number of rotatable bonds is 83. The Bertz CT molecular complexity index is 1940. The van der Waals surface area contributed by atoms with Gasteiger partial charge in [-0.2, -0.15) is 0 Å². The van der Waals surface area contributed by atoms with Crippen molar-refractivity contribution in [2.75, 3.05) is 39.6 Å². The molecule has 0 amide bonds. The fourth-order valence-electron chi connectivity index (χ4n) is 12.9. The van der Waals surface area contributed by atoms with Gasteiger partial charge in [-0.3, -0.25) is 37.3 Å². The maximum atomic E-state index is 13.1. The predicted octanol–water partition coefficient (Wildman–Crippen LogP) is 25.2. The first kappa shape index (κ1) is 100. The third-order valence-corrected chi connectivity index (χ3v) is 21.4. The van der Waals surface area contributed by atoms with Crippen molar-refractivity contribution in [2.24, 2.45) is 5.92 Å². The van der Waals surface area contributed by atoms with Gasteiger partial charge in [-0.15, -0.1) is 0 Å². The van der Waals surface area contributed by atoms with E-state index in [1.807, 2.05) is 0 Å². The van der Waals surface area contributed by atoms with Crippen molar-refractivity contribution in [1.82, 2.24) is 0 Å². The number of phosphoric acid groups is 2. The molecule has 0 fully saturated rings. The van der Waals surface area contributed by atoms with Gasteiger partial charge in [-0.05, 0) is 31.6 Å². The van der Waals surface area contributed by atoms with Gasteiger partial charge in [-0.1, -0.05) is 394 Å². The summed E-state index contributed by atoms with van der Waals surface area (Å²) in [6.07, 6.45) is 68.1. The molecule has 0 aromatic heterocycles. The summed E-state index contributed by atoms with van der Waals surface area (Å²) in [6.45, 7) is 7.31. The van der Waals surface area contributed by atoms with E-state index in [0.717, 1.165) is 95.8 Å². The number of hydrogen-bond donors (Lipinski definition) is 3. The van der Waals surface area contributed by atoms with Gasteiger partial charge in [0.1, 0.15) is 19.3 Å². The fraction of sp³-hybridized carbons (Fsp3) is 0.952. The highest BCUT2D eigenvalue weighted by Gasteiger charge is 2.30. The quantitative estimate of drug-likeness (QED) is 0.0222. The van der Waals surface area contributed by atoms with Crippen LogP contribution in [0.15, 0.2) is 0 Å². The molecule has 19 heteroatoms. The molecule has 102 heavy (non-hydrogen) atoms. The Labute approximate surface area is 626 Å². The summed E-state index contributed by atoms with van der Waals surface area (Å²) in [5, 5.41) is 10.7. The zero-order valence-electron chi connectivity index (χ0n) is 66.8. The predicted molar refractivity (Wildman–Crippen MR) is 418 cm³/mol. The van der Waals surface area contributed by atoms with Crippen LogP contribution in [-0.4, -0.2) is 96.7 Å². The van der Waals surface area contributed by atoms with E-state index in [1.54, 1.807) is 0 Å². The summed E-state index contributed by atoms with van der Waals surface area (Å²) < 4.78 is 68.8. The van der Waals surface area contributed by atoms with Gasteiger partial charge in [0.2, 0.25) is 0 Å². The summed E-state index contributed by atoms with van der Waals surface area (Å²) in [7, 11) is -9.92. The Morgan fingerprint density at radius 2 is 0.451 bits per heavy atom. The van der Waals surface area contributed by atoms with Gasteiger partial charge in [0.25, 0.3) is 0 Å². The molecule has 0 saturated heterocycles. The lowest BCUT2D eigenvalue weighted by atomic mass is 10.0. The second-order valence-corrected chi connectivity index (χ2v) is 33.3. The lowest BCUT2D eigenvalue weighted by Gasteiger charge is -2.21. The Balaban J connectivity index is 5.23. The van der Waals surface area contributed by atoms with Gasteiger partial charge in [0.05, 0.1) is 26.4 Å². The molecule has 0 aliphatic rings. The first-order valence-corrected chi connectivity index (χ1v) is 46.1. The molecule has 0 aliphatic heterocycles. The van der Waals surface area contributed by atoms with Crippen LogP contribution in [0.4, 0.5) is 0 Å². The van der Waals surface area contributed by atoms with Crippen LogP contribution in [0.1, 0.15) is 446 Å². The molecular formula is C83H162O17P2. The largest absolute Gasteiger partial charge is 0.472 e. The molecule has 0 radical (unpaired) electrons. The van der Waals surface area contributed by atoms with E-state index in [2.05, 4.69) is 34.6 Å². The van der Waals surface area contributed by atoms with Crippen molar-refractivity contribution >= 4 is 39.5 Å². The zero-order valence-corrected chi connectivity index (χ0v) is 68.5. The van der Waals surface area contributed by atoms with Crippen LogP contribution < -0.4 is 0 Å². The number of aliphatic hydroxyl groups excluding tert-OH is 1. The molecule has 5 atom stereocenters. The van der Waals surface area contributed by atoms with Crippen molar-refractivity contribution in [2.45, 2.75) is 464 Å². The Hall–Kier alpha value is -1.94. The molecule has 17 nitrogen and oxygen atoms in total. The van der Waals surface area contributed by atoms with Crippen LogP contribution in [0.5, 0.6) is 0 Å². The molecule has 0 bridgehead atoms. The Morgan fingerprint density at radius 3 is 0.667 bits per heavy atom. The van der Waals surface area contributed by atoms with Gasteiger partial charge in [0, 0.05) is 25.7 Å². The van der Waals surface area contributed by atoms with Gasteiger partial charge in [-0.25, -0.2) is 9.13 Å². The number of unbranched alkanes of at least 4 members (excludes halogenated alkanes) is 55. The van der Waals surface area contributed by atoms with E-state index in [4.69, 9.17) is 37.0 Å². The summed E-state index contributed by atoms with van der Waals surface area (Å²) in [5.74, 6) is -1.38. The third-order valence-electron chi connectivity index (χ3n) is 19.5. The lowest BCUT2D eigenvalue weighted by molar-refractivity contribution is -0.161. The molecule has 606 valence electrons. The van der Waals surface area contributed by atoms with Crippen molar-refractivity contribution in [1.29, 1.82) is 0 Å². The second-order valence-electron chi connectivity index (χ2n) is 30.3. The average Bonchev–Trinajstić information content (AvgIpc) is 0.915. The summed E-state index contributed by atoms with van der Waals surface area (Å²) >= 11 is 0. The highest BCUT2D eigenvalue weighted by atomic mass is 31.2. The maximum Gasteiger partial charge on any atom is 0.472 e. The van der Waals surface area contributed by atoms with E-state index in [9.17, 15) is 43.2 Å².